The molecule has 3 aromatic carbocycles. The molecule has 3 N–H and O–H groups in total. The number of halogens is 9. The second-order valence-corrected chi connectivity index (χ2v) is 9.93. The first-order valence-electron chi connectivity index (χ1n) is 12.7. The summed E-state index contributed by atoms with van der Waals surface area (Å²) in [5, 5.41) is 2.37. The highest BCUT2D eigenvalue weighted by molar-refractivity contribution is 5.83. The second-order valence-electron chi connectivity index (χ2n) is 9.93. The van der Waals surface area contributed by atoms with Gasteiger partial charge in [-0.15, -0.1) is 0 Å². The van der Waals surface area contributed by atoms with Gasteiger partial charge in [0.05, 0.1) is 24.1 Å². The van der Waals surface area contributed by atoms with Crippen molar-refractivity contribution in [2.24, 2.45) is 5.73 Å². The van der Waals surface area contributed by atoms with Crippen LogP contribution in [0.3, 0.4) is 0 Å². The highest BCUT2D eigenvalue weighted by Crippen LogP contribution is 2.39. The number of hydrogen-bond donors (Lipinski definition) is 2. The van der Waals surface area contributed by atoms with Gasteiger partial charge in [0.1, 0.15) is 11.6 Å². The van der Waals surface area contributed by atoms with Gasteiger partial charge >= 0.3 is 18.7 Å². The summed E-state index contributed by atoms with van der Waals surface area (Å²) in [4.78, 5) is 13.2. The Morgan fingerprint density at radius 2 is 1.56 bits per heavy atom. The lowest BCUT2D eigenvalue weighted by Crippen LogP contribution is -2.54. The smallest absolute Gasteiger partial charge is 0.461 e. The van der Waals surface area contributed by atoms with Crippen LogP contribution in [0.2, 0.25) is 0 Å². The van der Waals surface area contributed by atoms with Crippen LogP contribution in [0.5, 0.6) is 11.5 Å². The molecule has 0 aliphatic heterocycles. The summed E-state index contributed by atoms with van der Waals surface area (Å²) in [6, 6.07) is 10.6. The molecule has 1 amide bonds. The van der Waals surface area contributed by atoms with Crippen LogP contribution in [0.25, 0.3) is 0 Å². The first-order valence-corrected chi connectivity index (χ1v) is 12.7. The molecular weight excluding hydrogens is 595 g/mol. The largest absolute Gasteiger partial charge is 0.488 e. The van der Waals surface area contributed by atoms with E-state index >= 15 is 0 Å². The van der Waals surface area contributed by atoms with E-state index in [0.29, 0.717) is 17.7 Å². The lowest BCUT2D eigenvalue weighted by atomic mass is 9.77. The van der Waals surface area contributed by atoms with Crippen LogP contribution in [-0.4, -0.2) is 36.8 Å². The zero-order valence-corrected chi connectivity index (χ0v) is 22.7. The first-order chi connectivity index (χ1) is 19.9. The van der Waals surface area contributed by atoms with Gasteiger partial charge in [0.15, 0.2) is 11.6 Å². The fraction of sp³-hybridized carbons (Fsp3) is 0.345. The Morgan fingerprint density at radius 3 is 2.14 bits per heavy atom. The van der Waals surface area contributed by atoms with Crippen molar-refractivity contribution in [3.8, 4) is 11.5 Å². The van der Waals surface area contributed by atoms with Gasteiger partial charge in [0.25, 0.3) is 0 Å². The van der Waals surface area contributed by atoms with Crippen LogP contribution in [0.15, 0.2) is 66.7 Å². The molecule has 14 heteroatoms. The fourth-order valence-corrected chi connectivity index (χ4v) is 4.29. The zero-order valence-electron chi connectivity index (χ0n) is 22.7. The number of nitrogens with two attached hydrogens (primary N) is 1. The molecule has 0 aromatic heterocycles. The van der Waals surface area contributed by atoms with Crippen LogP contribution in [-0.2, 0) is 16.8 Å². The van der Waals surface area contributed by atoms with E-state index in [1.54, 1.807) is 32.0 Å². The molecule has 2 atom stereocenters. The standard InChI is InChI=1S/C29H27F9N2O3/c1-16(2)42-24-12-18(8-9-22(24)31)27(14-17-6-4-3-5-7-17,40-25(41)23(39)15-28(34,35)36)19-10-20(30)13-21(11-19)43-29(37,38)26(32)33/h3-13,16,23,26H,14-15,39H2,1-2H3,(H,40,41). The Morgan fingerprint density at radius 1 is 0.907 bits per heavy atom. The normalized spacial score (nSPS) is 14.4. The Labute approximate surface area is 240 Å². The summed E-state index contributed by atoms with van der Waals surface area (Å²) in [5.74, 6) is -5.01. The van der Waals surface area contributed by atoms with Crippen molar-refractivity contribution in [1.29, 1.82) is 0 Å². The number of benzene rings is 3. The van der Waals surface area contributed by atoms with E-state index in [-0.39, 0.29) is 17.7 Å². The Bertz CT molecular complexity index is 1400. The predicted molar refractivity (Wildman–Crippen MR) is 138 cm³/mol. The molecule has 0 heterocycles. The fourth-order valence-electron chi connectivity index (χ4n) is 4.29. The molecule has 3 aromatic rings. The van der Waals surface area contributed by atoms with Crippen LogP contribution in [0.4, 0.5) is 39.5 Å². The van der Waals surface area contributed by atoms with Gasteiger partial charge in [0.2, 0.25) is 5.91 Å². The van der Waals surface area contributed by atoms with Gasteiger partial charge in [-0.05, 0) is 54.8 Å². The summed E-state index contributed by atoms with van der Waals surface area (Å²) in [6.07, 6.45) is -17.0. The summed E-state index contributed by atoms with van der Waals surface area (Å²) < 4.78 is 132. The molecule has 0 aliphatic rings. The Hall–Kier alpha value is -3.94. The summed E-state index contributed by atoms with van der Waals surface area (Å²) in [7, 11) is 0. The Kier molecular flexibility index (Phi) is 10.3. The van der Waals surface area contributed by atoms with Gasteiger partial charge in [0, 0.05) is 12.5 Å². The molecule has 43 heavy (non-hydrogen) atoms. The maximum absolute atomic E-state index is 14.9. The predicted octanol–water partition coefficient (Wildman–Crippen LogP) is 6.87. The number of rotatable bonds is 12. The second kappa shape index (κ2) is 13.1. The minimum atomic E-state index is -5.06. The summed E-state index contributed by atoms with van der Waals surface area (Å²) in [5.41, 5.74) is 3.25. The molecule has 0 aliphatic carbocycles. The topological polar surface area (TPSA) is 73.6 Å². The molecule has 0 radical (unpaired) electrons. The summed E-state index contributed by atoms with van der Waals surface area (Å²) >= 11 is 0. The molecule has 5 nitrogen and oxygen atoms in total. The van der Waals surface area contributed by atoms with Gasteiger partial charge in [-0.3, -0.25) is 4.79 Å². The van der Waals surface area contributed by atoms with E-state index in [1.165, 1.54) is 12.1 Å². The minimum absolute atomic E-state index is 0.0990. The number of carbonyl (C=O) groups excluding carboxylic acids is 1. The number of carbonyl (C=O) groups is 1. The highest BCUT2D eigenvalue weighted by Gasteiger charge is 2.45. The molecule has 0 fully saturated rings. The lowest BCUT2D eigenvalue weighted by Gasteiger charge is -2.38. The summed E-state index contributed by atoms with van der Waals surface area (Å²) in [6.45, 7) is 3.14. The van der Waals surface area contributed by atoms with E-state index in [1.807, 2.05) is 0 Å². The van der Waals surface area contributed by atoms with Crippen LogP contribution < -0.4 is 20.5 Å². The molecule has 2 unspecified atom stereocenters. The third-order valence-corrected chi connectivity index (χ3v) is 6.10. The van der Waals surface area contributed by atoms with Crippen molar-refractivity contribution in [3.05, 3.63) is 95.1 Å². The molecule has 0 bridgehead atoms. The minimum Gasteiger partial charge on any atom is -0.488 e. The lowest BCUT2D eigenvalue weighted by molar-refractivity contribution is -0.253. The third kappa shape index (κ3) is 8.78. The van der Waals surface area contributed by atoms with Gasteiger partial charge < -0.3 is 20.5 Å². The molecular formula is C29H27F9N2O3. The van der Waals surface area contributed by atoms with Crippen molar-refractivity contribution in [1.82, 2.24) is 5.32 Å². The monoisotopic (exact) mass is 622 g/mol. The van der Waals surface area contributed by atoms with Crippen molar-refractivity contribution < 1.29 is 53.8 Å². The zero-order chi connectivity index (χ0) is 32.2. The molecule has 0 saturated carbocycles. The molecule has 0 spiro atoms. The number of hydrogen-bond acceptors (Lipinski definition) is 4. The van der Waals surface area contributed by atoms with E-state index in [2.05, 4.69) is 10.1 Å². The molecule has 0 saturated heterocycles. The van der Waals surface area contributed by atoms with Crippen LogP contribution in [0, 0.1) is 11.6 Å². The number of amides is 1. The maximum atomic E-state index is 14.9. The van der Waals surface area contributed by atoms with Gasteiger partial charge in [-0.2, -0.15) is 30.7 Å². The van der Waals surface area contributed by atoms with Crippen molar-refractivity contribution in [2.45, 2.75) is 63.1 Å². The van der Waals surface area contributed by atoms with Crippen molar-refractivity contribution in [3.63, 3.8) is 0 Å². The van der Waals surface area contributed by atoms with Gasteiger partial charge in [-0.1, -0.05) is 36.4 Å². The van der Waals surface area contributed by atoms with Crippen LogP contribution in [0.1, 0.15) is 37.0 Å². The third-order valence-electron chi connectivity index (χ3n) is 6.10. The number of nitrogens with one attached hydrogen (secondary N) is 1. The quantitative estimate of drug-likeness (QED) is 0.216. The average Bonchev–Trinajstić information content (AvgIpc) is 2.88. The van der Waals surface area contributed by atoms with E-state index < -0.39 is 71.7 Å². The van der Waals surface area contributed by atoms with Crippen LogP contribution >= 0.6 is 0 Å². The first kappa shape index (κ1) is 33.6. The van der Waals surface area contributed by atoms with Crippen molar-refractivity contribution >= 4 is 5.91 Å². The number of ether oxygens (including phenoxy) is 2. The average molecular weight is 623 g/mol. The van der Waals surface area contributed by atoms with E-state index in [0.717, 1.165) is 24.3 Å². The van der Waals surface area contributed by atoms with E-state index in [4.69, 9.17) is 10.5 Å². The van der Waals surface area contributed by atoms with E-state index in [9.17, 15) is 44.3 Å². The molecule has 234 valence electrons. The Balaban J connectivity index is 2.34. The molecule has 3 rings (SSSR count). The number of alkyl halides is 7. The maximum Gasteiger partial charge on any atom is 0.461 e. The SMILES string of the molecule is CC(C)Oc1cc(C(Cc2ccccc2)(NC(=O)C(N)CC(F)(F)F)c2cc(F)cc(OC(F)(F)C(F)F)c2)ccc1F. The van der Waals surface area contributed by atoms with Crippen molar-refractivity contribution in [2.75, 3.05) is 0 Å². The highest BCUT2D eigenvalue weighted by atomic mass is 19.4. The van der Waals surface area contributed by atoms with Gasteiger partial charge in [-0.25, -0.2) is 8.78 Å².